The first-order valence-electron chi connectivity index (χ1n) is 11.1. The highest BCUT2D eigenvalue weighted by atomic mass is 127. The summed E-state index contributed by atoms with van der Waals surface area (Å²) in [6.07, 6.45) is 3.59. The average molecular weight is 575 g/mol. The minimum Gasteiger partial charge on any atom is -0.354 e. The van der Waals surface area contributed by atoms with Gasteiger partial charge in [0, 0.05) is 55.3 Å². The second-order valence-electron chi connectivity index (χ2n) is 8.43. The zero-order chi connectivity index (χ0) is 23.7. The Kier molecular flexibility index (Phi) is 6.68. The van der Waals surface area contributed by atoms with Gasteiger partial charge in [0.05, 0.1) is 10.2 Å². The summed E-state index contributed by atoms with van der Waals surface area (Å²) in [7, 11) is 1.90. The molecule has 0 N–H and O–H groups in total. The highest BCUT2D eigenvalue weighted by molar-refractivity contribution is 14.1. The first kappa shape index (κ1) is 23.0. The van der Waals surface area contributed by atoms with Crippen LogP contribution < -0.4 is 4.90 Å². The molecule has 34 heavy (non-hydrogen) atoms. The van der Waals surface area contributed by atoms with Gasteiger partial charge in [0.2, 0.25) is 11.9 Å². The van der Waals surface area contributed by atoms with Crippen LogP contribution in [0.4, 0.5) is 14.6 Å². The number of benzene rings is 1. The Bertz CT molecular complexity index is 1300. The van der Waals surface area contributed by atoms with Gasteiger partial charge in [-0.15, -0.1) is 10.2 Å². The Balaban J connectivity index is 1.34. The van der Waals surface area contributed by atoms with E-state index in [2.05, 4.69) is 64.8 Å². The second kappa shape index (κ2) is 9.87. The van der Waals surface area contributed by atoms with Crippen molar-refractivity contribution in [1.82, 2.24) is 29.9 Å². The summed E-state index contributed by atoms with van der Waals surface area (Å²) in [5.41, 5.74) is 2.16. The monoisotopic (exact) mass is 575 g/mol. The first-order chi connectivity index (χ1) is 16.5. The fraction of sp³-hybridized carbons (Fsp3) is 0.333. The van der Waals surface area contributed by atoms with Crippen LogP contribution in [0.1, 0.15) is 18.4 Å². The van der Waals surface area contributed by atoms with Gasteiger partial charge in [-0.25, -0.2) is 0 Å². The Labute approximate surface area is 209 Å². The predicted octanol–water partition coefficient (Wildman–Crippen LogP) is 4.57. The fourth-order valence-corrected chi connectivity index (χ4v) is 5.41. The first-order valence-corrected chi connectivity index (χ1v) is 12.7. The van der Waals surface area contributed by atoms with E-state index in [1.54, 1.807) is 10.9 Å². The molecule has 1 aliphatic rings. The molecule has 1 saturated heterocycles. The van der Waals surface area contributed by atoms with E-state index in [0.29, 0.717) is 18.2 Å². The molecule has 1 aromatic carbocycles. The molecule has 1 aliphatic heterocycles. The van der Waals surface area contributed by atoms with Crippen molar-refractivity contribution in [3.05, 3.63) is 66.1 Å². The summed E-state index contributed by atoms with van der Waals surface area (Å²) in [4.78, 5) is 7.84. The van der Waals surface area contributed by atoms with Crippen LogP contribution in [0.3, 0.4) is 0 Å². The zero-order valence-electron chi connectivity index (χ0n) is 18.7. The van der Waals surface area contributed by atoms with Crippen molar-refractivity contribution in [3.8, 4) is 11.4 Å². The minimum atomic E-state index is -0.793. The van der Waals surface area contributed by atoms with Crippen LogP contribution in [0.2, 0.25) is 0 Å². The molecule has 0 bridgehead atoms. The number of nitrogens with zero attached hydrogens (tertiary/aromatic N) is 7. The molecular weight excluding hydrogens is 551 g/mol. The molecule has 4 heterocycles. The molecule has 1 fully saturated rings. The maximum Gasteiger partial charge on any atom is 0.220 e. The van der Waals surface area contributed by atoms with Crippen LogP contribution in [-0.2, 0) is 13.6 Å². The number of fused-ring (bicyclic) bond motifs is 1. The molecule has 0 aliphatic carbocycles. The highest BCUT2D eigenvalue weighted by Gasteiger charge is 2.27. The molecule has 0 radical (unpaired) electrons. The number of hydrogen-bond acceptors (Lipinski definition) is 6. The number of piperidine rings is 1. The lowest BCUT2D eigenvalue weighted by molar-refractivity contribution is 0.192. The van der Waals surface area contributed by atoms with E-state index in [9.17, 15) is 8.78 Å². The molecule has 4 aromatic rings. The number of halogens is 3. The third-order valence-electron chi connectivity index (χ3n) is 6.43. The van der Waals surface area contributed by atoms with Crippen LogP contribution in [0, 0.1) is 11.9 Å². The molecule has 0 spiro atoms. The fourth-order valence-electron chi connectivity index (χ4n) is 4.61. The summed E-state index contributed by atoms with van der Waals surface area (Å²) in [6.45, 7) is 2.06. The summed E-state index contributed by atoms with van der Waals surface area (Å²) >= 11 is 2.30. The van der Waals surface area contributed by atoms with Crippen LogP contribution in [0.25, 0.3) is 22.2 Å². The van der Waals surface area contributed by atoms with E-state index in [1.165, 1.54) is 12.1 Å². The summed E-state index contributed by atoms with van der Waals surface area (Å²) < 4.78 is 29.8. The molecular formula is C24H24F2IN7. The van der Waals surface area contributed by atoms with Gasteiger partial charge in [-0.05, 0) is 31.0 Å². The molecule has 0 saturated carbocycles. The van der Waals surface area contributed by atoms with Gasteiger partial charge in [0.15, 0.2) is 5.82 Å². The predicted molar refractivity (Wildman–Crippen MR) is 136 cm³/mol. The standard InChI is InChI=1S/C24H24F2IN7/c1-32-20(8-11-28-32)22-18-4-2-3-5-19(18)24(31-30-22)33-12-9-17(10-13-33)34(15-27)14-16-6-7-21(25)29-23(16)26/h2-8,11,17H,9-10,12-15H2,1H3. The molecule has 0 unspecified atom stereocenters. The average Bonchev–Trinajstić information content (AvgIpc) is 3.28. The van der Waals surface area contributed by atoms with Crippen LogP contribution in [-0.4, -0.2) is 53.5 Å². The number of anilines is 1. The number of aryl methyl sites for hydroxylation is 1. The highest BCUT2D eigenvalue weighted by Crippen LogP contribution is 2.33. The maximum atomic E-state index is 14.1. The van der Waals surface area contributed by atoms with Crippen molar-refractivity contribution in [2.24, 2.45) is 7.05 Å². The smallest absolute Gasteiger partial charge is 0.220 e. The summed E-state index contributed by atoms with van der Waals surface area (Å²) in [6, 6.07) is 13.1. The Morgan fingerprint density at radius 2 is 1.79 bits per heavy atom. The van der Waals surface area contributed by atoms with Gasteiger partial charge < -0.3 is 4.90 Å². The number of alkyl halides is 1. The minimum absolute atomic E-state index is 0.297. The maximum absolute atomic E-state index is 14.1. The second-order valence-corrected chi connectivity index (χ2v) is 9.11. The number of pyridine rings is 1. The van der Waals surface area contributed by atoms with Crippen LogP contribution in [0.15, 0.2) is 48.7 Å². The lowest BCUT2D eigenvalue weighted by atomic mass is 10.0. The quantitative estimate of drug-likeness (QED) is 0.145. The number of hydrogen-bond donors (Lipinski definition) is 0. The number of aromatic nitrogens is 5. The molecule has 7 nitrogen and oxygen atoms in total. The van der Waals surface area contributed by atoms with Crippen molar-refractivity contribution < 1.29 is 8.78 Å². The van der Waals surface area contributed by atoms with Crippen molar-refractivity contribution in [2.45, 2.75) is 25.4 Å². The normalized spacial score (nSPS) is 14.9. The van der Waals surface area contributed by atoms with E-state index < -0.39 is 11.9 Å². The third-order valence-corrected chi connectivity index (χ3v) is 7.31. The van der Waals surface area contributed by atoms with Gasteiger partial charge in [-0.3, -0.25) is 9.58 Å². The third kappa shape index (κ3) is 4.48. The molecule has 3 aromatic heterocycles. The van der Waals surface area contributed by atoms with Gasteiger partial charge in [-0.1, -0.05) is 46.9 Å². The number of rotatable bonds is 6. The SMILES string of the molecule is Cn1nccc1-c1nnc(N2CCC(N(CI)Cc3ccc(F)nc3F)CC2)c2ccccc12. The Hall–Kier alpha value is -2.73. The molecule has 0 amide bonds. The largest absolute Gasteiger partial charge is 0.354 e. The van der Waals surface area contributed by atoms with Gasteiger partial charge in [-0.2, -0.15) is 18.9 Å². The van der Waals surface area contributed by atoms with Gasteiger partial charge >= 0.3 is 0 Å². The Morgan fingerprint density at radius 1 is 1.03 bits per heavy atom. The molecule has 0 atom stereocenters. The van der Waals surface area contributed by atoms with E-state index in [-0.39, 0.29) is 0 Å². The lowest BCUT2D eigenvalue weighted by Crippen LogP contribution is -2.44. The van der Waals surface area contributed by atoms with Gasteiger partial charge in [0.25, 0.3) is 0 Å². The van der Waals surface area contributed by atoms with Crippen molar-refractivity contribution in [1.29, 1.82) is 0 Å². The lowest BCUT2D eigenvalue weighted by Gasteiger charge is -2.38. The van der Waals surface area contributed by atoms with E-state index >= 15 is 0 Å². The van der Waals surface area contributed by atoms with Crippen LogP contribution in [0.5, 0.6) is 0 Å². The van der Waals surface area contributed by atoms with Crippen LogP contribution >= 0.6 is 22.6 Å². The van der Waals surface area contributed by atoms with Crippen molar-refractivity contribution >= 4 is 39.2 Å². The van der Waals surface area contributed by atoms with E-state index in [0.717, 1.165) is 58.5 Å². The molecule has 176 valence electrons. The molecule has 5 rings (SSSR count). The summed E-state index contributed by atoms with van der Waals surface area (Å²) in [5.74, 6) is -0.643. The van der Waals surface area contributed by atoms with Crippen molar-refractivity contribution in [3.63, 3.8) is 0 Å². The van der Waals surface area contributed by atoms with E-state index in [4.69, 9.17) is 0 Å². The van der Waals surface area contributed by atoms with Crippen molar-refractivity contribution in [2.75, 3.05) is 22.5 Å². The molecule has 10 heteroatoms. The summed E-state index contributed by atoms with van der Waals surface area (Å²) in [5, 5.41) is 15.6. The Morgan fingerprint density at radius 3 is 2.47 bits per heavy atom. The van der Waals surface area contributed by atoms with Gasteiger partial charge in [0.1, 0.15) is 5.69 Å². The van der Waals surface area contributed by atoms with E-state index in [1.807, 2.05) is 25.2 Å². The zero-order valence-corrected chi connectivity index (χ0v) is 20.9. The topological polar surface area (TPSA) is 63.0 Å².